The van der Waals surface area contributed by atoms with Gasteiger partial charge in [0.05, 0.1) is 38.0 Å². The molecular weight excluding hydrogens is 486 g/mol. The fourth-order valence-corrected chi connectivity index (χ4v) is 4.40. The third kappa shape index (κ3) is 4.98. The molecule has 0 spiro atoms. The topological polar surface area (TPSA) is 102 Å². The summed E-state index contributed by atoms with van der Waals surface area (Å²) in [6.45, 7) is 4.42. The maximum absolute atomic E-state index is 13.4. The molecule has 8 heteroatoms. The minimum atomic E-state index is -0.916. The van der Waals surface area contributed by atoms with E-state index in [1.54, 1.807) is 61.7 Å². The average molecular weight is 516 g/mol. The van der Waals surface area contributed by atoms with Crippen LogP contribution in [0.15, 0.2) is 72.3 Å². The van der Waals surface area contributed by atoms with Gasteiger partial charge >= 0.3 is 5.97 Å². The number of anilines is 1. The number of rotatable bonds is 8. The summed E-state index contributed by atoms with van der Waals surface area (Å²) in [7, 11) is 2.82. The Morgan fingerprint density at radius 1 is 0.947 bits per heavy atom. The molecule has 196 valence electrons. The number of ketones is 1. The predicted octanol–water partition coefficient (Wildman–Crippen LogP) is 5.21. The Morgan fingerprint density at radius 3 is 2.18 bits per heavy atom. The molecule has 0 bridgehead atoms. The van der Waals surface area contributed by atoms with Gasteiger partial charge in [0.25, 0.3) is 11.7 Å². The molecule has 1 heterocycles. The molecule has 0 aromatic heterocycles. The summed E-state index contributed by atoms with van der Waals surface area (Å²) >= 11 is 0. The zero-order valence-electron chi connectivity index (χ0n) is 21.7. The van der Waals surface area contributed by atoms with Gasteiger partial charge in [-0.15, -0.1) is 0 Å². The van der Waals surface area contributed by atoms with Crippen LogP contribution in [0.5, 0.6) is 11.5 Å². The molecule has 1 N–H and O–H groups in total. The van der Waals surface area contributed by atoms with Gasteiger partial charge in [-0.1, -0.05) is 19.1 Å². The summed E-state index contributed by atoms with van der Waals surface area (Å²) in [5.74, 6) is -1.13. The van der Waals surface area contributed by atoms with Crippen LogP contribution in [0.1, 0.15) is 46.4 Å². The molecular formula is C30H29NO7. The number of aryl methyl sites for hydroxylation is 1. The van der Waals surface area contributed by atoms with Crippen LogP contribution in [0.2, 0.25) is 0 Å². The molecule has 1 saturated heterocycles. The lowest BCUT2D eigenvalue weighted by molar-refractivity contribution is -0.132. The van der Waals surface area contributed by atoms with Crippen LogP contribution in [-0.4, -0.2) is 43.6 Å². The minimum Gasteiger partial charge on any atom is -0.507 e. The van der Waals surface area contributed by atoms with Crippen molar-refractivity contribution in [3.63, 3.8) is 0 Å². The molecule has 3 aromatic carbocycles. The summed E-state index contributed by atoms with van der Waals surface area (Å²) in [6.07, 6.45) is 0.854. The number of nitrogens with zero attached hydrogens (tertiary/aromatic N) is 1. The predicted molar refractivity (Wildman–Crippen MR) is 143 cm³/mol. The van der Waals surface area contributed by atoms with E-state index in [0.717, 1.165) is 12.0 Å². The van der Waals surface area contributed by atoms with Crippen molar-refractivity contribution in [3.05, 3.63) is 94.6 Å². The van der Waals surface area contributed by atoms with Crippen molar-refractivity contribution >= 4 is 29.1 Å². The molecule has 1 atom stereocenters. The number of benzene rings is 3. The van der Waals surface area contributed by atoms with Crippen LogP contribution in [0.4, 0.5) is 5.69 Å². The molecule has 0 aliphatic carbocycles. The van der Waals surface area contributed by atoms with Gasteiger partial charge < -0.3 is 19.3 Å². The van der Waals surface area contributed by atoms with Crippen LogP contribution < -0.4 is 14.4 Å². The lowest BCUT2D eigenvalue weighted by Crippen LogP contribution is -2.29. The summed E-state index contributed by atoms with van der Waals surface area (Å²) in [6, 6.07) is 17.3. The fraction of sp³-hybridized carbons (Fsp3) is 0.233. The highest BCUT2D eigenvalue weighted by molar-refractivity contribution is 6.51. The van der Waals surface area contributed by atoms with E-state index in [1.165, 1.54) is 24.1 Å². The number of aliphatic hydroxyl groups excluding tert-OH is 1. The van der Waals surface area contributed by atoms with Crippen molar-refractivity contribution in [1.82, 2.24) is 0 Å². The molecule has 0 saturated carbocycles. The van der Waals surface area contributed by atoms with Gasteiger partial charge in [0.2, 0.25) is 0 Å². The summed E-state index contributed by atoms with van der Waals surface area (Å²) in [4.78, 5) is 40.0. The quantitative estimate of drug-likeness (QED) is 0.190. The SMILES string of the molecule is CCCOc1ccc(/C(O)=C2/C(=O)C(=O)N(c3ccc(C(=O)OC)cc3)C2c2ccc(OC)cc2)cc1C. The van der Waals surface area contributed by atoms with Crippen LogP contribution in [0.25, 0.3) is 5.76 Å². The smallest absolute Gasteiger partial charge is 0.337 e. The first-order chi connectivity index (χ1) is 18.3. The van der Waals surface area contributed by atoms with Crippen molar-refractivity contribution in [2.24, 2.45) is 0 Å². The molecule has 8 nitrogen and oxygen atoms in total. The third-order valence-electron chi connectivity index (χ3n) is 6.35. The Hall–Kier alpha value is -4.59. The number of carbonyl (C=O) groups excluding carboxylic acids is 3. The maximum Gasteiger partial charge on any atom is 0.337 e. The van der Waals surface area contributed by atoms with E-state index in [9.17, 15) is 19.5 Å². The lowest BCUT2D eigenvalue weighted by atomic mass is 9.94. The highest BCUT2D eigenvalue weighted by atomic mass is 16.5. The number of hydrogen-bond acceptors (Lipinski definition) is 7. The summed E-state index contributed by atoms with van der Waals surface area (Å²) < 4.78 is 15.8. The maximum atomic E-state index is 13.4. The first kappa shape index (κ1) is 26.5. The second-order valence-electron chi connectivity index (χ2n) is 8.81. The molecule has 3 aromatic rings. The van der Waals surface area contributed by atoms with Crippen molar-refractivity contribution < 1.29 is 33.7 Å². The second-order valence-corrected chi connectivity index (χ2v) is 8.81. The number of ether oxygens (including phenoxy) is 3. The normalized spacial score (nSPS) is 16.4. The van der Waals surface area contributed by atoms with E-state index in [-0.39, 0.29) is 11.3 Å². The van der Waals surface area contributed by atoms with Gasteiger partial charge in [0.15, 0.2) is 0 Å². The van der Waals surface area contributed by atoms with Gasteiger partial charge in [-0.25, -0.2) is 4.79 Å². The molecule has 1 amide bonds. The number of amides is 1. The Labute approximate surface area is 221 Å². The largest absolute Gasteiger partial charge is 0.507 e. The molecule has 0 radical (unpaired) electrons. The zero-order chi connectivity index (χ0) is 27.4. The number of esters is 1. The van der Waals surface area contributed by atoms with E-state index >= 15 is 0 Å². The van der Waals surface area contributed by atoms with Crippen molar-refractivity contribution in [2.75, 3.05) is 25.7 Å². The number of hydrogen-bond donors (Lipinski definition) is 1. The molecule has 38 heavy (non-hydrogen) atoms. The minimum absolute atomic E-state index is 0.0427. The van der Waals surface area contributed by atoms with Gasteiger partial charge in [0, 0.05) is 11.3 Å². The molecule has 1 aliphatic heterocycles. The van der Waals surface area contributed by atoms with Gasteiger partial charge in [-0.3, -0.25) is 14.5 Å². The number of methoxy groups -OCH3 is 2. The molecule has 1 unspecified atom stereocenters. The van der Waals surface area contributed by atoms with Crippen molar-refractivity contribution in [3.8, 4) is 11.5 Å². The van der Waals surface area contributed by atoms with E-state index in [1.807, 2.05) is 13.8 Å². The Balaban J connectivity index is 1.85. The summed E-state index contributed by atoms with van der Waals surface area (Å²) in [5, 5.41) is 11.4. The standard InChI is InChI=1S/C30H29NO7/c1-5-16-38-24-15-10-21(17-18(24)2)27(32)25-26(19-8-13-23(36-3)14-9-19)31(29(34)28(25)33)22-11-6-20(7-12-22)30(35)37-4/h6-15,17,26,32H,5,16H2,1-4H3/b27-25-. The molecule has 1 aliphatic rings. The average Bonchev–Trinajstić information content (AvgIpc) is 3.21. The molecule has 4 rings (SSSR count). The van der Waals surface area contributed by atoms with E-state index in [0.29, 0.717) is 40.5 Å². The van der Waals surface area contributed by atoms with Crippen molar-refractivity contribution in [2.45, 2.75) is 26.3 Å². The zero-order valence-corrected chi connectivity index (χ0v) is 21.7. The Kier molecular flexibility index (Phi) is 7.81. The Morgan fingerprint density at radius 2 is 1.61 bits per heavy atom. The second kappa shape index (κ2) is 11.2. The van der Waals surface area contributed by atoms with Crippen LogP contribution in [0, 0.1) is 6.92 Å². The monoisotopic (exact) mass is 515 g/mol. The lowest BCUT2D eigenvalue weighted by Gasteiger charge is -2.25. The van der Waals surface area contributed by atoms with Gasteiger partial charge in [-0.2, -0.15) is 0 Å². The Bertz CT molecular complexity index is 1390. The van der Waals surface area contributed by atoms with Crippen LogP contribution in [0.3, 0.4) is 0 Å². The highest BCUT2D eigenvalue weighted by Gasteiger charge is 2.47. The van der Waals surface area contributed by atoms with Gasteiger partial charge in [0.1, 0.15) is 17.3 Å². The van der Waals surface area contributed by atoms with E-state index < -0.39 is 23.7 Å². The van der Waals surface area contributed by atoms with Crippen LogP contribution >= 0.6 is 0 Å². The first-order valence-electron chi connectivity index (χ1n) is 12.2. The summed E-state index contributed by atoms with van der Waals surface area (Å²) in [5.41, 5.74) is 2.43. The number of carbonyl (C=O) groups is 3. The fourth-order valence-electron chi connectivity index (χ4n) is 4.40. The van der Waals surface area contributed by atoms with Gasteiger partial charge in [-0.05, 0) is 79.1 Å². The van der Waals surface area contributed by atoms with Crippen molar-refractivity contribution in [1.29, 1.82) is 0 Å². The first-order valence-corrected chi connectivity index (χ1v) is 12.2. The highest BCUT2D eigenvalue weighted by Crippen LogP contribution is 2.42. The van der Waals surface area contributed by atoms with E-state index in [2.05, 4.69) is 0 Å². The van der Waals surface area contributed by atoms with E-state index in [4.69, 9.17) is 14.2 Å². The third-order valence-corrected chi connectivity index (χ3v) is 6.35. The van der Waals surface area contributed by atoms with Crippen LogP contribution in [-0.2, 0) is 14.3 Å². The number of Topliss-reactive ketones (excluding diaryl/α,β-unsaturated/α-hetero) is 1. The number of aliphatic hydroxyl groups is 1. The molecule has 1 fully saturated rings.